The van der Waals surface area contributed by atoms with Crippen molar-refractivity contribution < 1.29 is 9.21 Å². The van der Waals surface area contributed by atoms with E-state index in [9.17, 15) is 4.79 Å². The lowest BCUT2D eigenvalue weighted by molar-refractivity contribution is 0.102. The third kappa shape index (κ3) is 3.68. The first kappa shape index (κ1) is 17.2. The Morgan fingerprint density at radius 3 is 2.41 bits per heavy atom. The van der Waals surface area contributed by atoms with Crippen LogP contribution in [-0.4, -0.2) is 10.9 Å². The highest BCUT2D eigenvalue weighted by Gasteiger charge is 2.17. The molecule has 3 aromatic carbocycles. The molecular formula is C22H15BrN2O2. The smallest absolute Gasteiger partial charge is 0.256 e. The molecule has 0 radical (unpaired) electrons. The summed E-state index contributed by atoms with van der Waals surface area (Å²) in [6, 6.07) is 24.5. The summed E-state index contributed by atoms with van der Waals surface area (Å²) in [7, 11) is 0. The van der Waals surface area contributed by atoms with Crippen molar-refractivity contribution in [2.45, 2.75) is 0 Å². The van der Waals surface area contributed by atoms with E-state index < -0.39 is 0 Å². The van der Waals surface area contributed by atoms with Gasteiger partial charge in [0.25, 0.3) is 5.91 Å². The Morgan fingerprint density at radius 1 is 0.889 bits per heavy atom. The number of anilines is 1. The predicted molar refractivity (Wildman–Crippen MR) is 109 cm³/mol. The summed E-state index contributed by atoms with van der Waals surface area (Å²) in [4.78, 5) is 17.2. The topological polar surface area (TPSA) is 55.1 Å². The van der Waals surface area contributed by atoms with Crippen LogP contribution in [0.5, 0.6) is 0 Å². The lowest BCUT2D eigenvalue weighted by Crippen LogP contribution is -2.13. The van der Waals surface area contributed by atoms with Crippen LogP contribution in [0, 0.1) is 0 Å². The molecule has 1 aromatic heterocycles. The van der Waals surface area contributed by atoms with Crippen molar-refractivity contribution in [2.24, 2.45) is 0 Å². The number of carbonyl (C=O) groups excluding carboxylic acids is 1. The Labute approximate surface area is 165 Å². The fraction of sp³-hybridized carbons (Fsp3) is 0. The molecule has 5 heteroatoms. The van der Waals surface area contributed by atoms with Crippen LogP contribution in [0.25, 0.3) is 22.8 Å². The van der Waals surface area contributed by atoms with Gasteiger partial charge in [0.05, 0.1) is 17.4 Å². The van der Waals surface area contributed by atoms with Gasteiger partial charge < -0.3 is 9.73 Å². The molecule has 0 fully saturated rings. The number of carbonyl (C=O) groups is 1. The number of amides is 1. The van der Waals surface area contributed by atoms with Crippen molar-refractivity contribution in [1.82, 2.24) is 4.98 Å². The number of hydrogen-bond donors (Lipinski definition) is 1. The molecular weight excluding hydrogens is 404 g/mol. The molecule has 1 heterocycles. The van der Waals surface area contributed by atoms with E-state index in [1.807, 2.05) is 72.8 Å². The number of oxazole rings is 1. The Bertz CT molecular complexity index is 1090. The first-order chi connectivity index (χ1) is 13.2. The van der Waals surface area contributed by atoms with E-state index in [1.165, 1.54) is 0 Å². The van der Waals surface area contributed by atoms with Gasteiger partial charge in [-0.1, -0.05) is 54.6 Å². The molecule has 4 aromatic rings. The monoisotopic (exact) mass is 418 g/mol. The molecule has 132 valence electrons. The molecule has 0 spiro atoms. The largest absolute Gasteiger partial charge is 0.436 e. The zero-order chi connectivity index (χ0) is 18.6. The SMILES string of the molecule is O=C(Nc1ccccc1Br)c1ccccc1-c1ncc(-c2ccccc2)o1. The normalized spacial score (nSPS) is 10.6. The summed E-state index contributed by atoms with van der Waals surface area (Å²) in [5.41, 5.74) is 2.78. The number of hydrogen-bond acceptors (Lipinski definition) is 3. The lowest BCUT2D eigenvalue weighted by atomic mass is 10.1. The molecule has 0 atom stereocenters. The van der Waals surface area contributed by atoms with Crippen LogP contribution in [0.1, 0.15) is 10.4 Å². The molecule has 4 rings (SSSR count). The molecule has 0 aliphatic rings. The van der Waals surface area contributed by atoms with E-state index in [4.69, 9.17) is 4.42 Å². The van der Waals surface area contributed by atoms with Crippen LogP contribution in [0.2, 0.25) is 0 Å². The van der Waals surface area contributed by atoms with Crippen molar-refractivity contribution >= 4 is 27.5 Å². The minimum Gasteiger partial charge on any atom is -0.436 e. The molecule has 0 aliphatic heterocycles. The summed E-state index contributed by atoms with van der Waals surface area (Å²) in [5, 5.41) is 2.92. The third-order valence-corrected chi connectivity index (χ3v) is 4.78. The molecule has 0 bridgehead atoms. The number of halogens is 1. The van der Waals surface area contributed by atoms with Crippen LogP contribution in [0.4, 0.5) is 5.69 Å². The maximum atomic E-state index is 12.8. The van der Waals surface area contributed by atoms with Crippen molar-refractivity contribution in [3.8, 4) is 22.8 Å². The van der Waals surface area contributed by atoms with E-state index >= 15 is 0 Å². The molecule has 0 saturated heterocycles. The summed E-state index contributed by atoms with van der Waals surface area (Å²) in [6.07, 6.45) is 1.67. The van der Waals surface area contributed by atoms with Gasteiger partial charge in [0, 0.05) is 15.6 Å². The van der Waals surface area contributed by atoms with Crippen LogP contribution in [0.15, 0.2) is 93.9 Å². The van der Waals surface area contributed by atoms with Crippen LogP contribution in [-0.2, 0) is 0 Å². The molecule has 0 saturated carbocycles. The fourth-order valence-corrected chi connectivity index (χ4v) is 3.14. The Kier molecular flexibility index (Phi) is 4.85. The van der Waals surface area contributed by atoms with Gasteiger partial charge in [-0.05, 0) is 40.2 Å². The van der Waals surface area contributed by atoms with Gasteiger partial charge in [0.15, 0.2) is 5.76 Å². The minimum absolute atomic E-state index is 0.225. The number of para-hydroxylation sites is 1. The summed E-state index contributed by atoms with van der Waals surface area (Å²) in [5.74, 6) is 0.843. The average molecular weight is 419 g/mol. The van der Waals surface area contributed by atoms with Crippen molar-refractivity contribution in [3.63, 3.8) is 0 Å². The number of nitrogens with zero attached hydrogens (tertiary/aromatic N) is 1. The minimum atomic E-state index is -0.225. The highest BCUT2D eigenvalue weighted by molar-refractivity contribution is 9.10. The zero-order valence-corrected chi connectivity index (χ0v) is 15.8. The van der Waals surface area contributed by atoms with Crippen molar-refractivity contribution in [1.29, 1.82) is 0 Å². The number of benzene rings is 3. The molecule has 0 aliphatic carbocycles. The molecule has 4 nitrogen and oxygen atoms in total. The highest BCUT2D eigenvalue weighted by atomic mass is 79.9. The number of aromatic nitrogens is 1. The fourth-order valence-electron chi connectivity index (χ4n) is 2.75. The molecule has 1 N–H and O–H groups in total. The quantitative estimate of drug-likeness (QED) is 0.440. The summed E-state index contributed by atoms with van der Waals surface area (Å²) < 4.78 is 6.74. The second kappa shape index (κ2) is 7.60. The number of nitrogens with one attached hydrogen (secondary N) is 1. The maximum Gasteiger partial charge on any atom is 0.256 e. The standard InChI is InChI=1S/C22H15BrN2O2/c23-18-12-6-7-13-19(18)25-21(26)16-10-4-5-11-17(16)22-24-14-20(27-22)15-8-2-1-3-9-15/h1-14H,(H,25,26). The van der Waals surface area contributed by atoms with E-state index in [0.29, 0.717) is 28.5 Å². The van der Waals surface area contributed by atoms with Crippen LogP contribution in [0.3, 0.4) is 0 Å². The van der Waals surface area contributed by atoms with Crippen molar-refractivity contribution in [2.75, 3.05) is 5.32 Å². The Balaban J connectivity index is 1.67. The molecule has 1 amide bonds. The van der Waals surface area contributed by atoms with Gasteiger partial charge in [0.1, 0.15) is 0 Å². The first-order valence-corrected chi connectivity index (χ1v) is 9.18. The second-order valence-corrected chi connectivity index (χ2v) is 6.73. The van der Waals surface area contributed by atoms with Crippen LogP contribution < -0.4 is 5.32 Å². The van der Waals surface area contributed by atoms with Crippen molar-refractivity contribution in [3.05, 3.63) is 95.1 Å². The Hall–Kier alpha value is -3.18. The van der Waals surface area contributed by atoms with Crippen LogP contribution >= 0.6 is 15.9 Å². The summed E-state index contributed by atoms with van der Waals surface area (Å²) >= 11 is 3.44. The second-order valence-electron chi connectivity index (χ2n) is 5.88. The van der Waals surface area contributed by atoms with E-state index in [1.54, 1.807) is 12.3 Å². The van der Waals surface area contributed by atoms with Gasteiger partial charge in [-0.25, -0.2) is 4.98 Å². The zero-order valence-electron chi connectivity index (χ0n) is 14.2. The van der Waals surface area contributed by atoms with Gasteiger partial charge >= 0.3 is 0 Å². The Morgan fingerprint density at radius 2 is 1.59 bits per heavy atom. The van der Waals surface area contributed by atoms with Gasteiger partial charge in [-0.3, -0.25) is 4.79 Å². The van der Waals surface area contributed by atoms with Gasteiger partial charge in [0.2, 0.25) is 5.89 Å². The average Bonchev–Trinajstić information content (AvgIpc) is 3.20. The van der Waals surface area contributed by atoms with E-state index in [2.05, 4.69) is 26.2 Å². The highest BCUT2D eigenvalue weighted by Crippen LogP contribution is 2.29. The van der Waals surface area contributed by atoms with Gasteiger partial charge in [-0.2, -0.15) is 0 Å². The maximum absolute atomic E-state index is 12.8. The third-order valence-electron chi connectivity index (χ3n) is 4.09. The first-order valence-electron chi connectivity index (χ1n) is 8.39. The van der Waals surface area contributed by atoms with E-state index in [0.717, 1.165) is 10.0 Å². The lowest BCUT2D eigenvalue weighted by Gasteiger charge is -2.09. The number of rotatable bonds is 4. The molecule has 0 unspecified atom stereocenters. The predicted octanol–water partition coefficient (Wildman–Crippen LogP) is 6.02. The van der Waals surface area contributed by atoms with Gasteiger partial charge in [-0.15, -0.1) is 0 Å². The summed E-state index contributed by atoms with van der Waals surface area (Å²) in [6.45, 7) is 0. The molecule has 27 heavy (non-hydrogen) atoms. The van der Waals surface area contributed by atoms with E-state index in [-0.39, 0.29) is 5.91 Å².